The molecule has 53 heavy (non-hydrogen) atoms. The Morgan fingerprint density at radius 3 is 1.94 bits per heavy atom. The molecule has 7 aromatic rings. The number of hydrogen-bond donors (Lipinski definition) is 0. The maximum absolute atomic E-state index is 6.16. The number of terminal acetylenes is 1. The van der Waals surface area contributed by atoms with Gasteiger partial charge in [0.1, 0.15) is 0 Å². The first-order valence-corrected chi connectivity index (χ1v) is 17.9. The van der Waals surface area contributed by atoms with Crippen LogP contribution in [0, 0.1) is 12.3 Å². The molecule has 5 aromatic carbocycles. The van der Waals surface area contributed by atoms with E-state index in [0.717, 1.165) is 74.3 Å². The highest BCUT2D eigenvalue weighted by Gasteiger charge is 2.31. The van der Waals surface area contributed by atoms with Crippen molar-refractivity contribution in [1.82, 2.24) is 19.5 Å². The average molecular weight is 682 g/mol. The summed E-state index contributed by atoms with van der Waals surface area (Å²) in [4.78, 5) is 17.4. The first-order chi connectivity index (χ1) is 26.2. The molecule has 0 saturated carbocycles. The minimum Gasteiger partial charge on any atom is -0.310 e. The Labute approximate surface area is 309 Å². The van der Waals surface area contributed by atoms with Crippen molar-refractivity contribution in [3.8, 4) is 57.5 Å². The molecule has 0 unspecified atom stereocenters. The van der Waals surface area contributed by atoms with E-state index in [-0.39, 0.29) is 0 Å². The lowest BCUT2D eigenvalue weighted by molar-refractivity contribution is 0.998. The van der Waals surface area contributed by atoms with Crippen molar-refractivity contribution in [2.45, 2.75) is 19.8 Å². The lowest BCUT2D eigenvalue weighted by atomic mass is 9.98. The lowest BCUT2D eigenvalue weighted by Gasteiger charge is -2.29. The van der Waals surface area contributed by atoms with Gasteiger partial charge < -0.3 is 9.47 Å². The molecule has 9 rings (SSSR count). The van der Waals surface area contributed by atoms with Crippen LogP contribution in [0.3, 0.4) is 0 Å². The number of benzene rings is 5. The second-order valence-electron chi connectivity index (χ2n) is 13.2. The molecule has 2 aliphatic rings. The number of para-hydroxylation sites is 3. The molecule has 0 amide bonds. The number of fused-ring (bicyclic) bond motifs is 7. The second kappa shape index (κ2) is 13.6. The third-order valence-electron chi connectivity index (χ3n) is 9.83. The van der Waals surface area contributed by atoms with Crippen LogP contribution in [-0.2, 0) is 0 Å². The Morgan fingerprint density at radius 1 is 0.679 bits per heavy atom. The maximum atomic E-state index is 6.16. The molecule has 3 heterocycles. The van der Waals surface area contributed by atoms with Gasteiger partial charge in [0.15, 0.2) is 17.5 Å². The van der Waals surface area contributed by atoms with Crippen molar-refractivity contribution in [3.05, 3.63) is 175 Å². The van der Waals surface area contributed by atoms with E-state index in [1.54, 1.807) is 0 Å². The highest BCUT2D eigenvalue weighted by atomic mass is 15.2. The fourth-order valence-electron chi connectivity index (χ4n) is 7.49. The molecule has 0 N–H and O–H groups in total. The standard InChI is InChI=1S/C48H35N5/c1-3-19-37(32-33(2)46-49-47(34-20-7-4-8-21-34)51-48(50-46)35-22-9-5-10-23-35)53-42-30-17-14-27-39(42)44-38-26-13-16-29-41(38)52(36-24-11-6-12-25-36)43-31-18-15-28-40(43)45(44)53/h1,4-5,7-11,13-32H,6,12H2,2H3/b33-32+,37-19+. The minimum absolute atomic E-state index is 0.580. The van der Waals surface area contributed by atoms with Crippen LogP contribution in [-0.4, -0.2) is 19.5 Å². The number of rotatable bonds is 6. The molecule has 0 atom stereocenters. The third-order valence-corrected chi connectivity index (χ3v) is 9.83. The summed E-state index contributed by atoms with van der Waals surface area (Å²) < 4.78 is 2.32. The molecular formula is C48H35N5. The molecule has 0 radical (unpaired) electrons. The van der Waals surface area contributed by atoms with E-state index in [2.05, 4.69) is 112 Å². The zero-order valence-corrected chi connectivity index (χ0v) is 29.3. The molecule has 0 saturated heterocycles. The Morgan fingerprint density at radius 2 is 1.28 bits per heavy atom. The van der Waals surface area contributed by atoms with Gasteiger partial charge in [0.2, 0.25) is 0 Å². The summed E-state index contributed by atoms with van der Waals surface area (Å²) in [5.41, 5.74) is 12.5. The van der Waals surface area contributed by atoms with Crippen molar-refractivity contribution in [2.75, 3.05) is 4.90 Å². The molecule has 2 aromatic heterocycles. The van der Waals surface area contributed by atoms with Crippen LogP contribution in [0.1, 0.15) is 25.6 Å². The fourth-order valence-corrected chi connectivity index (χ4v) is 7.49. The van der Waals surface area contributed by atoms with Gasteiger partial charge in [-0.05, 0) is 55.7 Å². The van der Waals surface area contributed by atoms with Gasteiger partial charge in [-0.1, -0.05) is 133 Å². The van der Waals surface area contributed by atoms with Gasteiger partial charge >= 0.3 is 0 Å². The van der Waals surface area contributed by atoms with E-state index in [4.69, 9.17) is 21.4 Å². The van der Waals surface area contributed by atoms with Crippen molar-refractivity contribution in [3.63, 3.8) is 0 Å². The summed E-state index contributed by atoms with van der Waals surface area (Å²) >= 11 is 0. The van der Waals surface area contributed by atoms with E-state index in [1.807, 2.05) is 73.7 Å². The first kappa shape index (κ1) is 31.9. The first-order valence-electron chi connectivity index (χ1n) is 17.9. The number of anilines is 2. The Balaban J connectivity index is 1.30. The van der Waals surface area contributed by atoms with Gasteiger partial charge in [-0.3, -0.25) is 0 Å². The van der Waals surface area contributed by atoms with Crippen molar-refractivity contribution in [2.24, 2.45) is 0 Å². The van der Waals surface area contributed by atoms with E-state index < -0.39 is 0 Å². The van der Waals surface area contributed by atoms with Crippen LogP contribution in [0.4, 0.5) is 11.4 Å². The maximum Gasteiger partial charge on any atom is 0.164 e. The summed E-state index contributed by atoms with van der Waals surface area (Å²) in [6, 6.07) is 46.1. The summed E-state index contributed by atoms with van der Waals surface area (Å²) in [5, 5.41) is 1.15. The molecule has 0 spiro atoms. The van der Waals surface area contributed by atoms with Crippen molar-refractivity contribution in [1.29, 1.82) is 0 Å². The highest BCUT2D eigenvalue weighted by Crippen LogP contribution is 2.53. The summed E-state index contributed by atoms with van der Waals surface area (Å²) in [7, 11) is 0. The summed E-state index contributed by atoms with van der Waals surface area (Å²) in [6.07, 6.45) is 19.0. The molecule has 0 bridgehead atoms. The average Bonchev–Trinajstić information content (AvgIpc) is 3.50. The van der Waals surface area contributed by atoms with Crippen LogP contribution in [0.2, 0.25) is 0 Å². The summed E-state index contributed by atoms with van der Waals surface area (Å²) in [6.45, 7) is 2.04. The SMILES string of the molecule is C#C/C=C(\C=C(/C)c1nc(-c2ccccc2)nc(-c2ccccc2)n1)n1c2c(c3ccccc31)-c1ccccc1N(C1=CCCC=C1)c1ccccc1-2. The van der Waals surface area contributed by atoms with Gasteiger partial charge in [-0.25, -0.2) is 15.0 Å². The number of allylic oxidation sites excluding steroid dienone is 7. The van der Waals surface area contributed by atoms with E-state index in [9.17, 15) is 0 Å². The molecule has 5 nitrogen and oxygen atoms in total. The van der Waals surface area contributed by atoms with E-state index >= 15 is 0 Å². The predicted octanol–water partition coefficient (Wildman–Crippen LogP) is 11.8. The van der Waals surface area contributed by atoms with Gasteiger partial charge in [-0.2, -0.15) is 0 Å². The fraction of sp³-hybridized carbons (Fsp3) is 0.0625. The number of aromatic nitrogens is 4. The predicted molar refractivity (Wildman–Crippen MR) is 219 cm³/mol. The zero-order chi connectivity index (χ0) is 35.7. The quantitative estimate of drug-likeness (QED) is 0.129. The van der Waals surface area contributed by atoms with Gasteiger partial charge in [0.05, 0.1) is 28.3 Å². The molecule has 252 valence electrons. The lowest BCUT2D eigenvalue weighted by Crippen LogP contribution is -2.17. The topological polar surface area (TPSA) is 46.8 Å². The minimum atomic E-state index is 0.580. The normalized spacial score (nSPS) is 13.8. The number of nitrogens with zero attached hydrogens (tertiary/aromatic N) is 5. The molecule has 1 aliphatic heterocycles. The smallest absolute Gasteiger partial charge is 0.164 e. The van der Waals surface area contributed by atoms with Crippen LogP contribution in [0.25, 0.3) is 67.3 Å². The Hall–Kier alpha value is -7.03. The van der Waals surface area contributed by atoms with Gasteiger partial charge in [-0.15, -0.1) is 6.42 Å². The largest absolute Gasteiger partial charge is 0.310 e. The Kier molecular flexibility index (Phi) is 8.19. The van der Waals surface area contributed by atoms with Crippen LogP contribution >= 0.6 is 0 Å². The van der Waals surface area contributed by atoms with E-state index in [0.29, 0.717) is 17.5 Å². The molecule has 1 aliphatic carbocycles. The monoisotopic (exact) mass is 681 g/mol. The third kappa shape index (κ3) is 5.67. The van der Waals surface area contributed by atoms with Crippen LogP contribution in [0.15, 0.2) is 170 Å². The zero-order valence-electron chi connectivity index (χ0n) is 29.3. The second-order valence-corrected chi connectivity index (χ2v) is 13.2. The molecule has 0 fully saturated rings. The Bertz CT molecular complexity index is 2630. The van der Waals surface area contributed by atoms with Crippen molar-refractivity contribution >= 4 is 33.5 Å². The highest BCUT2D eigenvalue weighted by molar-refractivity contribution is 6.13. The van der Waals surface area contributed by atoms with Crippen LogP contribution < -0.4 is 4.90 Å². The van der Waals surface area contributed by atoms with Gasteiger partial charge in [0, 0.05) is 45.0 Å². The van der Waals surface area contributed by atoms with E-state index in [1.165, 1.54) is 11.3 Å². The molecular weight excluding hydrogens is 647 g/mol. The number of hydrogen-bond acceptors (Lipinski definition) is 4. The summed E-state index contributed by atoms with van der Waals surface area (Å²) in [5.74, 6) is 4.67. The van der Waals surface area contributed by atoms with Gasteiger partial charge in [0.25, 0.3) is 0 Å². The van der Waals surface area contributed by atoms with Crippen molar-refractivity contribution < 1.29 is 0 Å². The molecule has 5 heteroatoms. The van der Waals surface area contributed by atoms with Crippen LogP contribution in [0.5, 0.6) is 0 Å².